The first-order valence-corrected chi connectivity index (χ1v) is 6.98. The summed E-state index contributed by atoms with van der Waals surface area (Å²) in [6.07, 6.45) is 0.331. The number of hydrogen-bond acceptors (Lipinski definition) is 5. The van der Waals surface area contributed by atoms with Crippen molar-refractivity contribution in [2.75, 3.05) is 11.4 Å². The number of anilines is 1. The quantitative estimate of drug-likeness (QED) is 0.485. The lowest BCUT2D eigenvalue weighted by atomic mass is 10.2. The van der Waals surface area contributed by atoms with Gasteiger partial charge in [-0.05, 0) is 18.2 Å². The SMILES string of the molecule is CC(=O)SC1CC(=O)N(c2cccc(C(=O)NN)c2)C1. The summed E-state index contributed by atoms with van der Waals surface area (Å²) in [5, 5.41) is -0.0344. The maximum atomic E-state index is 12.0. The van der Waals surface area contributed by atoms with Crippen LogP contribution in [0.15, 0.2) is 24.3 Å². The molecule has 3 N–H and O–H groups in total. The average molecular weight is 293 g/mol. The molecule has 6 nitrogen and oxygen atoms in total. The third kappa shape index (κ3) is 3.17. The molecule has 0 aromatic heterocycles. The number of nitrogens with one attached hydrogen (secondary N) is 1. The summed E-state index contributed by atoms with van der Waals surface area (Å²) < 4.78 is 0. The molecule has 2 rings (SSSR count). The van der Waals surface area contributed by atoms with E-state index in [9.17, 15) is 14.4 Å². The number of rotatable bonds is 3. The monoisotopic (exact) mass is 293 g/mol. The highest BCUT2D eigenvalue weighted by Gasteiger charge is 2.32. The Morgan fingerprint density at radius 1 is 1.45 bits per heavy atom. The number of nitrogens with two attached hydrogens (primary N) is 1. The Labute approximate surface area is 120 Å². The fraction of sp³-hybridized carbons (Fsp3) is 0.308. The number of nitrogens with zero attached hydrogens (tertiary/aromatic N) is 1. The molecule has 0 radical (unpaired) electrons. The molecule has 106 valence electrons. The van der Waals surface area contributed by atoms with Crippen LogP contribution in [0.5, 0.6) is 0 Å². The van der Waals surface area contributed by atoms with Crippen LogP contribution in [0.1, 0.15) is 23.7 Å². The standard InChI is InChI=1S/C13H15N3O3S/c1-8(17)20-11-6-12(18)16(7-11)10-4-2-3-9(5-10)13(19)15-14/h2-5,11H,6-7,14H2,1H3,(H,15,19). The number of thioether (sulfide) groups is 1. The number of carbonyl (C=O) groups excluding carboxylic acids is 3. The fourth-order valence-electron chi connectivity index (χ4n) is 2.14. The van der Waals surface area contributed by atoms with Gasteiger partial charge in [-0.2, -0.15) is 0 Å². The normalized spacial score (nSPS) is 18.2. The summed E-state index contributed by atoms with van der Waals surface area (Å²) in [5.74, 6) is 4.63. The molecule has 2 amide bonds. The largest absolute Gasteiger partial charge is 0.311 e. The van der Waals surface area contributed by atoms with E-state index >= 15 is 0 Å². The van der Waals surface area contributed by atoms with Crippen LogP contribution in [0, 0.1) is 0 Å². The van der Waals surface area contributed by atoms with E-state index < -0.39 is 5.91 Å². The maximum absolute atomic E-state index is 12.0. The van der Waals surface area contributed by atoms with E-state index in [4.69, 9.17) is 5.84 Å². The molecule has 1 saturated heterocycles. The van der Waals surface area contributed by atoms with Gasteiger partial charge >= 0.3 is 0 Å². The predicted molar refractivity (Wildman–Crippen MR) is 77.1 cm³/mol. The van der Waals surface area contributed by atoms with Crippen molar-refractivity contribution >= 4 is 34.4 Å². The molecule has 1 aliphatic rings. The summed E-state index contributed by atoms with van der Waals surface area (Å²) >= 11 is 1.18. The van der Waals surface area contributed by atoms with E-state index in [1.165, 1.54) is 18.7 Å². The zero-order valence-electron chi connectivity index (χ0n) is 11.0. The first-order chi connectivity index (χ1) is 9.51. The van der Waals surface area contributed by atoms with E-state index in [1.54, 1.807) is 29.2 Å². The van der Waals surface area contributed by atoms with Gasteiger partial charge in [0.25, 0.3) is 5.91 Å². The van der Waals surface area contributed by atoms with Crippen molar-refractivity contribution in [3.8, 4) is 0 Å². The van der Waals surface area contributed by atoms with Crippen molar-refractivity contribution in [2.24, 2.45) is 5.84 Å². The third-order valence-corrected chi connectivity index (χ3v) is 3.95. The first-order valence-electron chi connectivity index (χ1n) is 6.10. The van der Waals surface area contributed by atoms with Crippen LogP contribution >= 0.6 is 11.8 Å². The van der Waals surface area contributed by atoms with Gasteiger partial charge in [0, 0.05) is 36.4 Å². The molecule has 1 heterocycles. The number of amides is 2. The van der Waals surface area contributed by atoms with Gasteiger partial charge in [0.2, 0.25) is 5.91 Å². The van der Waals surface area contributed by atoms with Gasteiger partial charge in [-0.1, -0.05) is 17.8 Å². The fourth-order valence-corrected chi connectivity index (χ4v) is 3.06. The molecule has 1 aromatic carbocycles. The second-order valence-electron chi connectivity index (χ2n) is 4.46. The molecule has 0 spiro atoms. The van der Waals surface area contributed by atoms with Crippen LogP contribution in [-0.2, 0) is 9.59 Å². The van der Waals surface area contributed by atoms with Crippen molar-refractivity contribution in [3.05, 3.63) is 29.8 Å². The van der Waals surface area contributed by atoms with Gasteiger partial charge in [-0.3, -0.25) is 19.8 Å². The highest BCUT2D eigenvalue weighted by atomic mass is 32.2. The van der Waals surface area contributed by atoms with E-state index in [2.05, 4.69) is 5.43 Å². The number of hydrazine groups is 1. The van der Waals surface area contributed by atoms with Crippen molar-refractivity contribution in [3.63, 3.8) is 0 Å². The molecule has 1 aromatic rings. The lowest BCUT2D eigenvalue weighted by molar-refractivity contribution is -0.117. The Morgan fingerprint density at radius 3 is 2.85 bits per heavy atom. The Morgan fingerprint density at radius 2 is 2.20 bits per heavy atom. The molecule has 1 atom stereocenters. The highest BCUT2D eigenvalue weighted by molar-refractivity contribution is 8.14. The van der Waals surface area contributed by atoms with Gasteiger partial charge in [-0.25, -0.2) is 5.84 Å². The van der Waals surface area contributed by atoms with E-state index in [0.717, 1.165) is 0 Å². The van der Waals surface area contributed by atoms with E-state index in [-0.39, 0.29) is 16.3 Å². The summed E-state index contributed by atoms with van der Waals surface area (Å²) in [6.45, 7) is 1.96. The maximum Gasteiger partial charge on any atom is 0.265 e. The average Bonchev–Trinajstić information content (AvgIpc) is 2.78. The van der Waals surface area contributed by atoms with Gasteiger partial charge in [0.05, 0.1) is 0 Å². The molecule has 1 aliphatic heterocycles. The van der Waals surface area contributed by atoms with Crippen molar-refractivity contribution < 1.29 is 14.4 Å². The summed E-state index contributed by atoms with van der Waals surface area (Å²) in [4.78, 5) is 36.2. The first kappa shape index (κ1) is 14.5. The predicted octanol–water partition coefficient (Wildman–Crippen LogP) is 0.675. The number of carbonyl (C=O) groups is 3. The number of benzene rings is 1. The Kier molecular flexibility index (Phi) is 4.41. The highest BCUT2D eigenvalue weighted by Crippen LogP contribution is 2.29. The van der Waals surface area contributed by atoms with Crippen LogP contribution in [0.2, 0.25) is 0 Å². The molecule has 0 aliphatic carbocycles. The van der Waals surface area contributed by atoms with Gasteiger partial charge in [0.1, 0.15) is 0 Å². The van der Waals surface area contributed by atoms with Gasteiger partial charge < -0.3 is 4.90 Å². The van der Waals surface area contributed by atoms with Crippen molar-refractivity contribution in [1.29, 1.82) is 0 Å². The minimum atomic E-state index is -0.409. The summed E-state index contributed by atoms with van der Waals surface area (Å²) in [7, 11) is 0. The Hall–Kier alpha value is -1.86. The number of hydrogen-bond donors (Lipinski definition) is 2. The zero-order valence-corrected chi connectivity index (χ0v) is 11.8. The van der Waals surface area contributed by atoms with E-state index in [1.807, 2.05) is 0 Å². The molecule has 7 heteroatoms. The van der Waals surface area contributed by atoms with Crippen LogP contribution < -0.4 is 16.2 Å². The minimum absolute atomic E-state index is 0.000843. The van der Waals surface area contributed by atoms with Crippen LogP contribution in [0.3, 0.4) is 0 Å². The molecule has 20 heavy (non-hydrogen) atoms. The van der Waals surface area contributed by atoms with Crippen molar-refractivity contribution in [2.45, 2.75) is 18.6 Å². The third-order valence-electron chi connectivity index (χ3n) is 2.97. The molecular formula is C13H15N3O3S. The van der Waals surface area contributed by atoms with E-state index in [0.29, 0.717) is 24.2 Å². The Balaban J connectivity index is 2.17. The lowest BCUT2D eigenvalue weighted by Crippen LogP contribution is -2.30. The van der Waals surface area contributed by atoms with Gasteiger partial charge in [-0.15, -0.1) is 0 Å². The van der Waals surface area contributed by atoms with Crippen LogP contribution in [-0.4, -0.2) is 28.7 Å². The summed E-state index contributed by atoms with van der Waals surface area (Å²) in [6, 6.07) is 6.68. The topological polar surface area (TPSA) is 92.5 Å². The van der Waals surface area contributed by atoms with Gasteiger partial charge in [0.15, 0.2) is 5.12 Å². The molecular weight excluding hydrogens is 278 g/mol. The number of nitrogen functional groups attached to an aromatic ring is 1. The Bertz CT molecular complexity index is 562. The molecule has 1 unspecified atom stereocenters. The molecule has 0 bridgehead atoms. The van der Waals surface area contributed by atoms with Crippen LogP contribution in [0.4, 0.5) is 5.69 Å². The zero-order chi connectivity index (χ0) is 14.7. The van der Waals surface area contributed by atoms with Crippen LogP contribution in [0.25, 0.3) is 0 Å². The minimum Gasteiger partial charge on any atom is -0.311 e. The second-order valence-corrected chi connectivity index (χ2v) is 5.94. The molecule has 1 fully saturated rings. The smallest absolute Gasteiger partial charge is 0.265 e. The van der Waals surface area contributed by atoms with Crippen molar-refractivity contribution in [1.82, 2.24) is 5.43 Å². The molecule has 0 saturated carbocycles. The lowest BCUT2D eigenvalue weighted by Gasteiger charge is -2.17. The summed E-state index contributed by atoms with van der Waals surface area (Å²) in [5.41, 5.74) is 3.08. The second kappa shape index (κ2) is 6.06.